The minimum Gasteiger partial charge on any atom is -0.347 e. The van der Waals surface area contributed by atoms with E-state index in [4.69, 9.17) is 0 Å². The topological polar surface area (TPSA) is 101 Å². The number of aromatic amines is 1. The van der Waals surface area contributed by atoms with E-state index in [2.05, 4.69) is 30.4 Å². The number of aromatic nitrogens is 6. The van der Waals surface area contributed by atoms with Crippen LogP contribution >= 0.6 is 0 Å². The number of nitrogens with one attached hydrogen (secondary N) is 2. The zero-order chi connectivity index (χ0) is 21.8. The molecule has 4 aromatic rings. The van der Waals surface area contributed by atoms with E-state index in [0.717, 1.165) is 36.1 Å². The lowest BCUT2D eigenvalue weighted by Gasteiger charge is -2.08. The van der Waals surface area contributed by atoms with Gasteiger partial charge in [0.15, 0.2) is 11.3 Å². The van der Waals surface area contributed by atoms with Gasteiger partial charge in [0.05, 0.1) is 6.20 Å². The quantitative estimate of drug-likeness (QED) is 0.505. The molecule has 0 radical (unpaired) electrons. The van der Waals surface area contributed by atoms with Gasteiger partial charge in [0.1, 0.15) is 23.5 Å². The molecule has 9 heteroatoms. The van der Waals surface area contributed by atoms with E-state index >= 15 is 0 Å². The third-order valence-electron chi connectivity index (χ3n) is 6.60. The smallest absolute Gasteiger partial charge is 0.272 e. The Kier molecular flexibility index (Phi) is 4.31. The maximum absolute atomic E-state index is 14.2. The second-order valence-corrected chi connectivity index (χ2v) is 8.90. The Labute approximate surface area is 183 Å². The molecule has 8 nitrogen and oxygen atoms in total. The van der Waals surface area contributed by atoms with Crippen LogP contribution in [0, 0.1) is 17.7 Å². The number of fused-ring (bicyclic) bond motifs is 2. The molecular formula is C23H22FN7O. The van der Waals surface area contributed by atoms with Gasteiger partial charge < -0.3 is 10.3 Å². The van der Waals surface area contributed by atoms with Crippen molar-refractivity contribution in [1.82, 2.24) is 35.0 Å². The number of hydrogen-bond donors (Lipinski definition) is 2. The third-order valence-corrected chi connectivity index (χ3v) is 6.60. The molecule has 162 valence electrons. The first kappa shape index (κ1) is 19.1. The van der Waals surface area contributed by atoms with Crippen LogP contribution in [0.5, 0.6) is 0 Å². The van der Waals surface area contributed by atoms with Gasteiger partial charge in [0.25, 0.3) is 5.91 Å². The summed E-state index contributed by atoms with van der Waals surface area (Å²) >= 11 is 0. The average Bonchev–Trinajstić information content (AvgIpc) is 3.17. The fourth-order valence-corrected chi connectivity index (χ4v) is 4.91. The number of aryl methyl sites for hydroxylation is 1. The number of benzene rings is 1. The van der Waals surface area contributed by atoms with Crippen LogP contribution in [0.2, 0.25) is 0 Å². The van der Waals surface area contributed by atoms with Crippen LogP contribution < -0.4 is 5.32 Å². The number of hydrogen-bond acceptors (Lipinski definition) is 5. The van der Waals surface area contributed by atoms with Crippen molar-refractivity contribution in [1.29, 1.82) is 0 Å². The van der Waals surface area contributed by atoms with Gasteiger partial charge in [0.2, 0.25) is 0 Å². The normalized spacial score (nSPS) is 21.6. The van der Waals surface area contributed by atoms with Crippen LogP contribution in [0.15, 0.2) is 36.9 Å². The molecule has 0 saturated heterocycles. The Morgan fingerprint density at radius 2 is 2.03 bits per heavy atom. The number of imidazole rings is 1. The molecule has 0 spiro atoms. The van der Waals surface area contributed by atoms with Crippen molar-refractivity contribution in [3.8, 4) is 11.1 Å². The van der Waals surface area contributed by atoms with Gasteiger partial charge in [-0.05, 0) is 60.4 Å². The summed E-state index contributed by atoms with van der Waals surface area (Å²) in [5.41, 5.74) is 3.48. The van der Waals surface area contributed by atoms with Crippen LogP contribution in [-0.4, -0.2) is 35.6 Å². The van der Waals surface area contributed by atoms with Crippen LogP contribution in [0.4, 0.5) is 4.39 Å². The van der Waals surface area contributed by atoms with E-state index in [0.29, 0.717) is 28.2 Å². The predicted octanol–water partition coefficient (Wildman–Crippen LogP) is 3.34. The highest BCUT2D eigenvalue weighted by Gasteiger charge is 2.47. The van der Waals surface area contributed by atoms with Crippen LogP contribution in [-0.2, 0) is 13.6 Å². The number of rotatable bonds is 5. The van der Waals surface area contributed by atoms with E-state index in [1.807, 2.05) is 19.3 Å². The lowest BCUT2D eigenvalue weighted by molar-refractivity contribution is 0.0947. The van der Waals surface area contributed by atoms with Crippen molar-refractivity contribution < 1.29 is 9.18 Å². The summed E-state index contributed by atoms with van der Waals surface area (Å²) in [6, 6.07) is 4.71. The van der Waals surface area contributed by atoms with Crippen molar-refractivity contribution in [2.75, 3.05) is 0 Å². The SMILES string of the molecule is Cn1cc(-c2cc(F)cc(CNC(=O)c3ncnc4nc(C5CC6CC6C5)[nH]c34)c2)cn1. The second kappa shape index (κ2) is 7.22. The highest BCUT2D eigenvalue weighted by molar-refractivity contribution is 6.02. The molecule has 0 aliphatic heterocycles. The highest BCUT2D eigenvalue weighted by Crippen LogP contribution is 2.57. The molecule has 6 rings (SSSR count). The Morgan fingerprint density at radius 3 is 2.81 bits per heavy atom. The van der Waals surface area contributed by atoms with Crippen molar-refractivity contribution in [3.63, 3.8) is 0 Å². The number of amides is 1. The van der Waals surface area contributed by atoms with Crippen molar-refractivity contribution in [2.45, 2.75) is 31.7 Å². The Bertz CT molecular complexity index is 1330. The van der Waals surface area contributed by atoms with Gasteiger partial charge in [-0.3, -0.25) is 9.48 Å². The van der Waals surface area contributed by atoms with Gasteiger partial charge in [0, 0.05) is 31.3 Å². The molecular weight excluding hydrogens is 409 g/mol. The van der Waals surface area contributed by atoms with E-state index in [1.165, 1.54) is 24.9 Å². The first-order chi connectivity index (χ1) is 15.5. The number of carbonyl (C=O) groups excluding carboxylic acids is 1. The van der Waals surface area contributed by atoms with Gasteiger partial charge in [-0.25, -0.2) is 19.3 Å². The van der Waals surface area contributed by atoms with Gasteiger partial charge in [-0.1, -0.05) is 0 Å². The molecule has 3 aromatic heterocycles. The Morgan fingerprint density at radius 1 is 1.19 bits per heavy atom. The molecule has 2 unspecified atom stereocenters. The summed E-state index contributed by atoms with van der Waals surface area (Å²) in [7, 11) is 1.81. The Balaban J connectivity index is 1.21. The van der Waals surface area contributed by atoms with Crippen LogP contribution in [0.1, 0.15) is 47.1 Å². The van der Waals surface area contributed by atoms with Gasteiger partial charge in [-0.15, -0.1) is 0 Å². The monoisotopic (exact) mass is 431 g/mol. The summed E-state index contributed by atoms with van der Waals surface area (Å²) in [6.07, 6.45) is 8.50. The minimum atomic E-state index is -0.368. The second-order valence-electron chi connectivity index (χ2n) is 8.90. The van der Waals surface area contributed by atoms with Gasteiger partial charge in [-0.2, -0.15) is 5.10 Å². The van der Waals surface area contributed by atoms with Crippen LogP contribution in [0.25, 0.3) is 22.3 Å². The molecule has 2 saturated carbocycles. The average molecular weight is 431 g/mol. The van der Waals surface area contributed by atoms with Gasteiger partial charge >= 0.3 is 0 Å². The zero-order valence-electron chi connectivity index (χ0n) is 17.5. The van der Waals surface area contributed by atoms with Crippen molar-refractivity contribution >= 4 is 17.1 Å². The molecule has 3 heterocycles. The summed E-state index contributed by atoms with van der Waals surface area (Å²) in [5, 5.41) is 6.98. The molecule has 0 bridgehead atoms. The largest absolute Gasteiger partial charge is 0.347 e. The first-order valence-electron chi connectivity index (χ1n) is 10.8. The predicted molar refractivity (Wildman–Crippen MR) is 115 cm³/mol. The summed E-state index contributed by atoms with van der Waals surface area (Å²) in [6.45, 7) is 0.169. The fourth-order valence-electron chi connectivity index (χ4n) is 4.91. The molecule has 1 aromatic carbocycles. The standard InChI is InChI=1S/C23H22FN7O/c1-31-10-17(9-28-31)13-2-12(3-18(24)7-13)8-25-23(32)20-19-22(27-11-26-20)30-21(29-19)16-5-14-4-15(14)6-16/h2-3,7,9-11,14-16H,4-6,8H2,1H3,(H,25,32)(H,26,27,29,30). The molecule has 2 aliphatic rings. The molecule has 32 heavy (non-hydrogen) atoms. The molecule has 2 N–H and O–H groups in total. The summed E-state index contributed by atoms with van der Waals surface area (Å²) < 4.78 is 15.8. The van der Waals surface area contributed by atoms with Crippen LogP contribution in [0.3, 0.4) is 0 Å². The summed E-state index contributed by atoms with van der Waals surface area (Å²) in [4.78, 5) is 29.3. The maximum Gasteiger partial charge on any atom is 0.272 e. The Hall–Kier alpha value is -3.62. The molecule has 1 amide bonds. The number of H-pyrrole nitrogens is 1. The van der Waals surface area contributed by atoms with E-state index in [1.54, 1.807) is 10.9 Å². The highest BCUT2D eigenvalue weighted by atomic mass is 19.1. The number of nitrogens with zero attached hydrogens (tertiary/aromatic N) is 5. The molecule has 2 atom stereocenters. The van der Waals surface area contributed by atoms with Crippen molar-refractivity contribution in [3.05, 3.63) is 59.8 Å². The number of halogens is 1. The van der Waals surface area contributed by atoms with E-state index in [-0.39, 0.29) is 24.0 Å². The van der Waals surface area contributed by atoms with Crippen molar-refractivity contribution in [2.24, 2.45) is 18.9 Å². The first-order valence-corrected chi connectivity index (χ1v) is 10.8. The molecule has 2 aliphatic carbocycles. The fraction of sp³-hybridized carbons (Fsp3) is 0.348. The molecule has 2 fully saturated rings. The third kappa shape index (κ3) is 3.43. The summed E-state index contributed by atoms with van der Waals surface area (Å²) in [5.74, 6) is 2.26. The van der Waals surface area contributed by atoms with E-state index in [9.17, 15) is 9.18 Å². The van der Waals surface area contributed by atoms with E-state index < -0.39 is 0 Å². The minimum absolute atomic E-state index is 0.169. The number of carbonyl (C=O) groups is 1. The lowest BCUT2D eigenvalue weighted by atomic mass is 10.0. The zero-order valence-corrected chi connectivity index (χ0v) is 17.5. The maximum atomic E-state index is 14.2. The lowest BCUT2D eigenvalue weighted by Crippen LogP contribution is -2.24.